The fourth-order valence-corrected chi connectivity index (χ4v) is 2.01. The minimum absolute atomic E-state index is 0.203. The second-order valence-corrected chi connectivity index (χ2v) is 10.1. The average molecular weight is 236 g/mol. The lowest BCUT2D eigenvalue weighted by Gasteiger charge is -2.38. The molecule has 4 heteroatoms. The van der Waals surface area contributed by atoms with Crippen molar-refractivity contribution in [2.75, 3.05) is 14.1 Å². The fraction of sp³-hybridized carbons (Fsp3) is 0.800. The highest BCUT2D eigenvalue weighted by Gasteiger charge is 2.39. The maximum atomic E-state index is 6.01. The molecule has 2 nitrogen and oxygen atoms in total. The molecule has 84 valence electrons. The summed E-state index contributed by atoms with van der Waals surface area (Å²) in [7, 11) is 2.12. The highest BCUT2D eigenvalue weighted by atomic mass is 35.5. The lowest BCUT2D eigenvalue weighted by atomic mass is 10.2. The van der Waals surface area contributed by atoms with Gasteiger partial charge < -0.3 is 9.33 Å². The third-order valence-corrected chi connectivity index (χ3v) is 7.22. The van der Waals surface area contributed by atoms with Crippen molar-refractivity contribution >= 4 is 19.9 Å². The van der Waals surface area contributed by atoms with Gasteiger partial charge in [0.2, 0.25) is 0 Å². The molecule has 0 aliphatic heterocycles. The van der Waals surface area contributed by atoms with Crippen LogP contribution >= 0.6 is 11.6 Å². The number of rotatable bonds is 3. The molecule has 0 radical (unpaired) electrons. The van der Waals surface area contributed by atoms with Crippen molar-refractivity contribution in [3.05, 3.63) is 11.4 Å². The van der Waals surface area contributed by atoms with Crippen LogP contribution in [0.25, 0.3) is 0 Å². The van der Waals surface area contributed by atoms with Crippen LogP contribution in [0.1, 0.15) is 20.8 Å². The molecule has 0 rings (SSSR count). The van der Waals surface area contributed by atoms with E-state index >= 15 is 0 Å². The van der Waals surface area contributed by atoms with Crippen molar-refractivity contribution < 1.29 is 4.43 Å². The highest BCUT2D eigenvalue weighted by Crippen LogP contribution is 2.38. The van der Waals surface area contributed by atoms with Gasteiger partial charge in [0.05, 0.1) is 5.54 Å². The lowest BCUT2D eigenvalue weighted by molar-refractivity contribution is 0.263. The van der Waals surface area contributed by atoms with Crippen molar-refractivity contribution in [2.24, 2.45) is 0 Å². The van der Waals surface area contributed by atoms with Crippen LogP contribution in [0, 0.1) is 0 Å². The van der Waals surface area contributed by atoms with E-state index in [9.17, 15) is 0 Å². The van der Waals surface area contributed by atoms with Gasteiger partial charge in [-0.1, -0.05) is 32.4 Å². The summed E-state index contributed by atoms with van der Waals surface area (Å²) in [5.74, 6) is 0.748. The minimum Gasteiger partial charge on any atom is -0.531 e. The summed E-state index contributed by atoms with van der Waals surface area (Å²) in [4.78, 5) is 1.90. The maximum absolute atomic E-state index is 6.01. The largest absolute Gasteiger partial charge is 0.531 e. The van der Waals surface area contributed by atoms with E-state index in [1.165, 1.54) is 5.54 Å². The lowest BCUT2D eigenvalue weighted by Crippen LogP contribution is -2.42. The Balaban J connectivity index is 4.66. The summed E-state index contributed by atoms with van der Waals surface area (Å²) in [6.07, 6.45) is 0. The molecule has 0 aliphatic rings. The van der Waals surface area contributed by atoms with Crippen molar-refractivity contribution in [3.63, 3.8) is 0 Å². The molecule has 0 saturated heterocycles. The first-order valence-corrected chi connectivity index (χ1v) is 8.13. The van der Waals surface area contributed by atoms with Gasteiger partial charge in [0.15, 0.2) is 5.88 Å². The Morgan fingerprint density at radius 1 is 1.29 bits per heavy atom. The standard InChI is InChI=1S/C10H22ClNOSi/c1-10(2,3)14(6,7)13-9(8-11)12(4)5/h8H,1-7H3/b9-8-. The van der Waals surface area contributed by atoms with Gasteiger partial charge in [0.1, 0.15) is 0 Å². The monoisotopic (exact) mass is 235 g/mol. The van der Waals surface area contributed by atoms with Gasteiger partial charge in [-0.05, 0) is 18.1 Å². The molecular formula is C10H22ClNOSi. The highest BCUT2D eigenvalue weighted by molar-refractivity contribution is 6.74. The minimum atomic E-state index is -1.75. The summed E-state index contributed by atoms with van der Waals surface area (Å²) >= 11 is 5.71. The summed E-state index contributed by atoms with van der Waals surface area (Å²) in [6.45, 7) is 11.0. The smallest absolute Gasteiger partial charge is 0.252 e. The SMILES string of the molecule is CN(C)/C(=C/Cl)O[Si](C)(C)C(C)(C)C. The fourth-order valence-electron chi connectivity index (χ4n) is 0.626. The number of halogens is 1. The van der Waals surface area contributed by atoms with E-state index in [2.05, 4.69) is 33.9 Å². The average Bonchev–Trinajstić information content (AvgIpc) is 1.97. The van der Waals surface area contributed by atoms with Gasteiger partial charge in [-0.15, -0.1) is 0 Å². The molecule has 0 saturated carbocycles. The Morgan fingerprint density at radius 3 is 1.93 bits per heavy atom. The van der Waals surface area contributed by atoms with Crippen LogP contribution in [0.15, 0.2) is 11.4 Å². The zero-order valence-corrected chi connectivity index (χ0v) is 12.1. The van der Waals surface area contributed by atoms with E-state index in [0.717, 1.165) is 5.88 Å². The van der Waals surface area contributed by atoms with Crippen molar-refractivity contribution in [3.8, 4) is 0 Å². The first kappa shape index (κ1) is 13.8. The van der Waals surface area contributed by atoms with Crippen LogP contribution in [0.2, 0.25) is 18.1 Å². The number of hydrogen-bond donors (Lipinski definition) is 0. The van der Waals surface area contributed by atoms with Gasteiger partial charge in [-0.25, -0.2) is 0 Å². The molecule has 0 aliphatic carbocycles. The molecule has 0 bridgehead atoms. The normalized spacial score (nSPS) is 14.1. The van der Waals surface area contributed by atoms with Gasteiger partial charge in [0, 0.05) is 14.1 Å². The molecule has 0 aromatic carbocycles. The molecule has 0 spiro atoms. The second-order valence-electron chi connectivity index (χ2n) is 5.20. The second kappa shape index (κ2) is 4.58. The van der Waals surface area contributed by atoms with Crippen LogP contribution in [0.5, 0.6) is 0 Å². The van der Waals surface area contributed by atoms with Crippen molar-refractivity contribution in [1.82, 2.24) is 4.90 Å². The zero-order chi connectivity index (χ0) is 11.6. The van der Waals surface area contributed by atoms with E-state index in [1.807, 2.05) is 19.0 Å². The molecule has 14 heavy (non-hydrogen) atoms. The van der Waals surface area contributed by atoms with E-state index in [-0.39, 0.29) is 5.04 Å². The summed E-state index contributed by atoms with van der Waals surface area (Å²) in [5.41, 5.74) is 1.50. The molecule has 0 fully saturated rings. The van der Waals surface area contributed by atoms with E-state index in [4.69, 9.17) is 16.0 Å². The Bertz CT molecular complexity index is 219. The molecule has 0 atom stereocenters. The first-order chi connectivity index (χ1) is 6.12. The molecule has 0 unspecified atom stereocenters. The Hall–Kier alpha value is -0.153. The number of hydrogen-bond acceptors (Lipinski definition) is 2. The van der Waals surface area contributed by atoms with Crippen LogP contribution in [0.3, 0.4) is 0 Å². The van der Waals surface area contributed by atoms with Gasteiger partial charge in [-0.3, -0.25) is 0 Å². The van der Waals surface area contributed by atoms with Crippen LogP contribution in [0.4, 0.5) is 0 Å². The summed E-state index contributed by atoms with van der Waals surface area (Å²) in [6, 6.07) is 0. The molecular weight excluding hydrogens is 214 g/mol. The zero-order valence-electron chi connectivity index (χ0n) is 10.3. The van der Waals surface area contributed by atoms with E-state index < -0.39 is 8.32 Å². The van der Waals surface area contributed by atoms with Crippen LogP contribution in [-0.4, -0.2) is 27.3 Å². The Labute approximate surface area is 94.0 Å². The van der Waals surface area contributed by atoms with E-state index in [0.29, 0.717) is 0 Å². The molecule has 0 amide bonds. The van der Waals surface area contributed by atoms with Gasteiger partial charge in [-0.2, -0.15) is 0 Å². The predicted molar refractivity (Wildman–Crippen MR) is 65.9 cm³/mol. The molecule has 0 heterocycles. The Morgan fingerprint density at radius 2 is 1.71 bits per heavy atom. The van der Waals surface area contributed by atoms with Crippen molar-refractivity contribution in [2.45, 2.75) is 38.9 Å². The predicted octanol–water partition coefficient (Wildman–Crippen LogP) is 3.61. The number of nitrogens with zero attached hydrogens (tertiary/aromatic N) is 1. The Kier molecular flexibility index (Phi) is 4.53. The van der Waals surface area contributed by atoms with Crippen molar-refractivity contribution in [1.29, 1.82) is 0 Å². The quantitative estimate of drug-likeness (QED) is 0.548. The third kappa shape index (κ3) is 3.54. The van der Waals surface area contributed by atoms with Gasteiger partial charge in [0.25, 0.3) is 8.32 Å². The molecule has 0 N–H and O–H groups in total. The van der Waals surface area contributed by atoms with Crippen LogP contribution < -0.4 is 0 Å². The van der Waals surface area contributed by atoms with E-state index in [1.54, 1.807) is 0 Å². The first-order valence-electron chi connectivity index (χ1n) is 4.78. The molecule has 0 aromatic rings. The van der Waals surface area contributed by atoms with Gasteiger partial charge >= 0.3 is 0 Å². The van der Waals surface area contributed by atoms with Crippen LogP contribution in [-0.2, 0) is 4.43 Å². The maximum Gasteiger partial charge on any atom is 0.252 e. The topological polar surface area (TPSA) is 12.5 Å². The third-order valence-electron chi connectivity index (χ3n) is 2.70. The summed E-state index contributed by atoms with van der Waals surface area (Å²) in [5, 5.41) is 0.203. The summed E-state index contributed by atoms with van der Waals surface area (Å²) < 4.78 is 6.01. The molecule has 0 aromatic heterocycles.